The van der Waals surface area contributed by atoms with Gasteiger partial charge < -0.3 is 0 Å². The summed E-state index contributed by atoms with van der Waals surface area (Å²) in [6.07, 6.45) is 3.13. The van der Waals surface area contributed by atoms with E-state index >= 15 is 0 Å². The molecule has 0 saturated carbocycles. The Labute approximate surface area is 147 Å². The van der Waals surface area contributed by atoms with Crippen molar-refractivity contribution < 1.29 is 8.42 Å². The number of nitrogens with zero attached hydrogens (tertiary/aromatic N) is 3. The lowest BCUT2D eigenvalue weighted by Crippen LogP contribution is -2.25. The topological polar surface area (TPSA) is 63.2 Å². The molecule has 0 bridgehead atoms. The Bertz CT molecular complexity index is 1010. The molecule has 126 valence electrons. The number of aryl methyl sites for hydroxylation is 1. The number of rotatable bonds is 3. The van der Waals surface area contributed by atoms with Crippen LogP contribution in [0.1, 0.15) is 16.8 Å². The Balaban J connectivity index is 1.62. The van der Waals surface area contributed by atoms with E-state index in [1.165, 1.54) is 16.2 Å². The van der Waals surface area contributed by atoms with Gasteiger partial charge in [0.25, 0.3) is 0 Å². The minimum Gasteiger partial charge on any atom is -0.244 e. The fourth-order valence-corrected chi connectivity index (χ4v) is 4.41. The quantitative estimate of drug-likeness (QED) is 0.727. The van der Waals surface area contributed by atoms with Crippen LogP contribution in [0.4, 0.5) is 0 Å². The Kier molecular flexibility index (Phi) is 3.86. The summed E-state index contributed by atoms with van der Waals surface area (Å²) in [6, 6.07) is 15.2. The predicted molar refractivity (Wildman–Crippen MR) is 95.1 cm³/mol. The second-order valence-electron chi connectivity index (χ2n) is 6.16. The highest BCUT2D eigenvalue weighted by atomic mass is 32.2. The van der Waals surface area contributed by atoms with Gasteiger partial charge in [0.05, 0.1) is 17.1 Å². The van der Waals surface area contributed by atoms with Gasteiger partial charge in [-0.15, -0.1) is 0 Å². The third-order valence-electron chi connectivity index (χ3n) is 4.40. The van der Waals surface area contributed by atoms with Gasteiger partial charge in [0.15, 0.2) is 0 Å². The Morgan fingerprint density at radius 1 is 1.00 bits per heavy atom. The molecule has 1 aromatic heterocycles. The Hall–Kier alpha value is -2.57. The van der Waals surface area contributed by atoms with E-state index in [9.17, 15) is 8.42 Å². The summed E-state index contributed by atoms with van der Waals surface area (Å²) in [5.74, 6) is 0. The van der Waals surface area contributed by atoms with E-state index in [0.29, 0.717) is 18.0 Å². The summed E-state index contributed by atoms with van der Waals surface area (Å²) in [7, 11) is -3.55. The zero-order chi connectivity index (χ0) is 17.4. The molecule has 4 rings (SSSR count). The van der Waals surface area contributed by atoms with Crippen LogP contribution in [0.2, 0.25) is 0 Å². The lowest BCUT2D eigenvalue weighted by Gasteiger charge is -2.15. The first-order chi connectivity index (χ1) is 12.0. The SMILES string of the molecule is Cc1cccc(-c2ccc(S(=O)(=O)N3Cc4cncnc4C3)cc2)c1. The van der Waals surface area contributed by atoms with E-state index < -0.39 is 10.0 Å². The molecule has 0 aliphatic carbocycles. The first-order valence-corrected chi connectivity index (χ1v) is 9.43. The molecule has 25 heavy (non-hydrogen) atoms. The summed E-state index contributed by atoms with van der Waals surface area (Å²) < 4.78 is 27.2. The van der Waals surface area contributed by atoms with E-state index in [-0.39, 0.29) is 0 Å². The standard InChI is InChI=1S/C19H17N3O2S/c1-14-3-2-4-16(9-14)15-5-7-18(8-6-15)25(23,24)22-11-17-10-20-13-21-19(17)12-22/h2-10,13H,11-12H2,1H3. The molecular weight excluding hydrogens is 334 g/mol. The molecule has 2 heterocycles. The minimum atomic E-state index is -3.55. The van der Waals surface area contributed by atoms with Gasteiger partial charge in [0.2, 0.25) is 10.0 Å². The number of aromatic nitrogens is 2. The van der Waals surface area contributed by atoms with Gasteiger partial charge in [-0.2, -0.15) is 4.31 Å². The average Bonchev–Trinajstić information content (AvgIpc) is 3.07. The van der Waals surface area contributed by atoms with E-state index in [2.05, 4.69) is 16.0 Å². The second-order valence-corrected chi connectivity index (χ2v) is 8.10. The molecule has 2 aromatic carbocycles. The van der Waals surface area contributed by atoms with Crippen LogP contribution >= 0.6 is 0 Å². The molecule has 0 atom stereocenters. The third-order valence-corrected chi connectivity index (χ3v) is 6.20. The van der Waals surface area contributed by atoms with E-state index in [4.69, 9.17) is 0 Å². The first kappa shape index (κ1) is 15.9. The maximum absolute atomic E-state index is 12.9. The molecule has 1 aliphatic rings. The summed E-state index contributed by atoms with van der Waals surface area (Å²) in [5.41, 5.74) is 4.88. The maximum atomic E-state index is 12.9. The van der Waals surface area contributed by atoms with Crippen LogP contribution in [0.5, 0.6) is 0 Å². The smallest absolute Gasteiger partial charge is 0.243 e. The van der Waals surface area contributed by atoms with Crippen molar-refractivity contribution in [3.8, 4) is 11.1 Å². The third kappa shape index (κ3) is 2.94. The van der Waals surface area contributed by atoms with Gasteiger partial charge in [0.1, 0.15) is 6.33 Å². The molecule has 0 N–H and O–H groups in total. The van der Waals surface area contributed by atoms with E-state index in [1.807, 2.05) is 37.3 Å². The number of benzene rings is 2. The molecule has 0 radical (unpaired) electrons. The Morgan fingerprint density at radius 2 is 1.80 bits per heavy atom. The van der Waals surface area contributed by atoms with Crippen LogP contribution in [0.25, 0.3) is 11.1 Å². The molecule has 3 aromatic rings. The summed E-state index contributed by atoms with van der Waals surface area (Å²) in [4.78, 5) is 8.42. The average molecular weight is 351 g/mol. The number of hydrogen-bond donors (Lipinski definition) is 0. The van der Waals surface area contributed by atoms with Gasteiger partial charge in [-0.1, -0.05) is 42.0 Å². The van der Waals surface area contributed by atoms with Crippen molar-refractivity contribution in [1.82, 2.24) is 14.3 Å². The van der Waals surface area contributed by atoms with Crippen molar-refractivity contribution in [2.45, 2.75) is 24.9 Å². The van der Waals surface area contributed by atoms with Gasteiger partial charge in [-0.05, 0) is 30.2 Å². The number of hydrogen-bond acceptors (Lipinski definition) is 4. The van der Waals surface area contributed by atoms with Gasteiger partial charge in [-0.3, -0.25) is 0 Å². The first-order valence-electron chi connectivity index (χ1n) is 7.99. The zero-order valence-corrected chi connectivity index (χ0v) is 14.6. The molecular formula is C19H17N3O2S. The van der Waals surface area contributed by atoms with Crippen molar-refractivity contribution in [3.63, 3.8) is 0 Å². The van der Waals surface area contributed by atoms with E-state index in [0.717, 1.165) is 22.4 Å². The lowest BCUT2D eigenvalue weighted by molar-refractivity contribution is 0.429. The predicted octanol–water partition coefficient (Wildman–Crippen LogP) is 3.16. The largest absolute Gasteiger partial charge is 0.244 e. The van der Waals surface area contributed by atoms with Crippen LogP contribution in [0.3, 0.4) is 0 Å². The van der Waals surface area contributed by atoms with Gasteiger partial charge in [0, 0.05) is 18.3 Å². The molecule has 1 aliphatic heterocycles. The van der Waals surface area contributed by atoms with Crippen LogP contribution in [-0.4, -0.2) is 22.7 Å². The summed E-state index contributed by atoms with van der Waals surface area (Å²) in [5, 5.41) is 0. The van der Waals surface area contributed by atoms with Crippen LogP contribution in [0, 0.1) is 6.92 Å². The molecule has 0 spiro atoms. The highest BCUT2D eigenvalue weighted by Gasteiger charge is 2.31. The van der Waals surface area contributed by atoms with Crippen molar-refractivity contribution >= 4 is 10.0 Å². The van der Waals surface area contributed by atoms with Crippen LogP contribution in [0.15, 0.2) is 66.0 Å². The summed E-state index contributed by atoms with van der Waals surface area (Å²) >= 11 is 0. The fourth-order valence-electron chi connectivity index (χ4n) is 3.03. The monoisotopic (exact) mass is 351 g/mol. The van der Waals surface area contributed by atoms with Crippen LogP contribution < -0.4 is 0 Å². The zero-order valence-electron chi connectivity index (χ0n) is 13.8. The maximum Gasteiger partial charge on any atom is 0.243 e. The Morgan fingerprint density at radius 3 is 2.52 bits per heavy atom. The highest BCUT2D eigenvalue weighted by molar-refractivity contribution is 7.89. The van der Waals surface area contributed by atoms with E-state index in [1.54, 1.807) is 18.3 Å². The van der Waals surface area contributed by atoms with Gasteiger partial charge in [-0.25, -0.2) is 18.4 Å². The minimum absolute atomic E-state index is 0.291. The molecule has 5 nitrogen and oxygen atoms in total. The fraction of sp³-hybridized carbons (Fsp3) is 0.158. The van der Waals surface area contributed by atoms with Crippen LogP contribution in [-0.2, 0) is 23.1 Å². The van der Waals surface area contributed by atoms with Gasteiger partial charge >= 0.3 is 0 Å². The number of sulfonamides is 1. The highest BCUT2D eigenvalue weighted by Crippen LogP contribution is 2.28. The van der Waals surface area contributed by atoms with Crippen molar-refractivity contribution in [1.29, 1.82) is 0 Å². The second kappa shape index (κ2) is 6.06. The molecule has 6 heteroatoms. The number of fused-ring (bicyclic) bond motifs is 1. The molecule has 0 unspecified atom stereocenters. The normalized spacial score (nSPS) is 14.4. The van der Waals surface area contributed by atoms with Crippen molar-refractivity contribution in [2.24, 2.45) is 0 Å². The molecule has 0 saturated heterocycles. The lowest BCUT2D eigenvalue weighted by atomic mass is 10.0. The molecule has 0 amide bonds. The van der Waals surface area contributed by atoms with Crippen molar-refractivity contribution in [2.75, 3.05) is 0 Å². The van der Waals surface area contributed by atoms with Crippen molar-refractivity contribution in [3.05, 3.63) is 77.9 Å². The summed E-state index contributed by atoms with van der Waals surface area (Å²) in [6.45, 7) is 2.65. The molecule has 0 fully saturated rings.